The molecule has 1 amide bonds. The zero-order valence-corrected chi connectivity index (χ0v) is 12.3. The van der Waals surface area contributed by atoms with Gasteiger partial charge in [-0.05, 0) is 31.2 Å². The Bertz CT molecular complexity index is 751. The first-order valence-corrected chi connectivity index (χ1v) is 6.70. The molecular weight excluding hydrogens is 280 g/mol. The highest BCUT2D eigenvalue weighted by Crippen LogP contribution is 2.08. The molecule has 0 aromatic heterocycles. The second-order valence-corrected chi connectivity index (χ2v) is 4.78. The number of aliphatic imine (C=N–C) groups is 1. The van der Waals surface area contributed by atoms with Crippen molar-refractivity contribution in [2.24, 2.45) is 4.99 Å². The normalized spacial score (nSPS) is 11.1. The first kappa shape index (κ1) is 15.4. The number of carboxylic acid groups (broad SMARTS) is 1. The molecule has 2 aromatic rings. The van der Waals surface area contributed by atoms with E-state index in [1.165, 1.54) is 18.2 Å². The average Bonchev–Trinajstić information content (AvgIpc) is 2.52. The lowest BCUT2D eigenvalue weighted by Gasteiger charge is -2.09. The molecule has 5 nitrogen and oxygen atoms in total. The van der Waals surface area contributed by atoms with E-state index in [4.69, 9.17) is 5.11 Å². The number of amidine groups is 1. The Morgan fingerprint density at radius 2 is 1.64 bits per heavy atom. The Morgan fingerprint density at radius 3 is 2.27 bits per heavy atom. The first-order chi connectivity index (χ1) is 10.5. The lowest BCUT2D eigenvalue weighted by Crippen LogP contribution is -2.31. The van der Waals surface area contributed by atoms with Crippen LogP contribution in [0.1, 0.15) is 31.8 Å². The van der Waals surface area contributed by atoms with Gasteiger partial charge in [-0.2, -0.15) is 0 Å². The number of carbonyl (C=O) groups is 2. The Morgan fingerprint density at radius 1 is 1.00 bits per heavy atom. The van der Waals surface area contributed by atoms with Crippen LogP contribution in [0.5, 0.6) is 0 Å². The van der Waals surface area contributed by atoms with E-state index in [0.717, 1.165) is 11.1 Å². The lowest BCUT2D eigenvalue weighted by molar-refractivity contribution is 0.0697. The number of amides is 1. The van der Waals surface area contributed by atoms with E-state index in [2.05, 4.69) is 10.3 Å². The van der Waals surface area contributed by atoms with Gasteiger partial charge >= 0.3 is 5.97 Å². The summed E-state index contributed by atoms with van der Waals surface area (Å²) in [4.78, 5) is 27.3. The maximum absolute atomic E-state index is 12.3. The van der Waals surface area contributed by atoms with Crippen molar-refractivity contribution < 1.29 is 14.7 Å². The van der Waals surface area contributed by atoms with Crippen LogP contribution in [-0.2, 0) is 0 Å². The number of benzene rings is 2. The zero-order chi connectivity index (χ0) is 16.1. The minimum atomic E-state index is -1.07. The fourth-order valence-corrected chi connectivity index (χ4v) is 2.02. The smallest absolute Gasteiger partial charge is 0.335 e. The van der Waals surface area contributed by atoms with Gasteiger partial charge in [-0.3, -0.25) is 9.79 Å². The molecule has 0 heterocycles. The molecule has 0 aliphatic heterocycles. The third-order valence-electron chi connectivity index (χ3n) is 3.12. The van der Waals surface area contributed by atoms with Crippen LogP contribution in [-0.4, -0.2) is 29.9 Å². The largest absolute Gasteiger partial charge is 0.478 e. The van der Waals surface area contributed by atoms with Crippen molar-refractivity contribution in [1.82, 2.24) is 5.32 Å². The Kier molecular flexibility index (Phi) is 4.68. The molecule has 0 atom stereocenters. The van der Waals surface area contributed by atoms with Gasteiger partial charge in [0.15, 0.2) is 0 Å². The van der Waals surface area contributed by atoms with Gasteiger partial charge in [0, 0.05) is 18.2 Å². The third-order valence-corrected chi connectivity index (χ3v) is 3.12. The van der Waals surface area contributed by atoms with E-state index in [1.807, 2.05) is 31.2 Å². The monoisotopic (exact) mass is 296 g/mol. The van der Waals surface area contributed by atoms with E-state index in [0.29, 0.717) is 5.84 Å². The van der Waals surface area contributed by atoms with Crippen LogP contribution < -0.4 is 5.32 Å². The van der Waals surface area contributed by atoms with E-state index in [1.54, 1.807) is 13.1 Å². The molecule has 0 bridgehead atoms. The van der Waals surface area contributed by atoms with Crippen molar-refractivity contribution in [3.05, 3.63) is 70.8 Å². The number of rotatable bonds is 3. The number of aromatic carboxylic acids is 1. The fraction of sp³-hybridized carbons (Fsp3) is 0.118. The van der Waals surface area contributed by atoms with Gasteiger partial charge in [-0.1, -0.05) is 29.8 Å². The molecule has 0 saturated carbocycles. The Balaban J connectivity index is 2.23. The van der Waals surface area contributed by atoms with Crippen LogP contribution >= 0.6 is 0 Å². The maximum Gasteiger partial charge on any atom is 0.335 e. The number of nitrogens with zero attached hydrogens (tertiary/aromatic N) is 1. The highest BCUT2D eigenvalue weighted by atomic mass is 16.4. The number of aryl methyl sites for hydroxylation is 1. The minimum Gasteiger partial charge on any atom is -0.478 e. The molecule has 22 heavy (non-hydrogen) atoms. The Labute approximate surface area is 128 Å². The SMILES string of the molecule is CN=C(NC(=O)c1cccc(C(=O)O)c1)c1cccc(C)c1. The van der Waals surface area contributed by atoms with Crippen molar-refractivity contribution in [2.45, 2.75) is 6.92 Å². The molecule has 0 fully saturated rings. The molecule has 0 spiro atoms. The van der Waals surface area contributed by atoms with E-state index in [-0.39, 0.29) is 11.1 Å². The maximum atomic E-state index is 12.3. The summed E-state index contributed by atoms with van der Waals surface area (Å²) in [6, 6.07) is 13.5. The van der Waals surface area contributed by atoms with Crippen molar-refractivity contribution in [3.63, 3.8) is 0 Å². The number of carboxylic acids is 1. The summed E-state index contributed by atoms with van der Waals surface area (Å²) < 4.78 is 0. The summed E-state index contributed by atoms with van der Waals surface area (Å²) in [6.45, 7) is 1.95. The highest BCUT2D eigenvalue weighted by Gasteiger charge is 2.12. The highest BCUT2D eigenvalue weighted by molar-refractivity contribution is 6.13. The lowest BCUT2D eigenvalue weighted by atomic mass is 10.1. The van der Waals surface area contributed by atoms with Crippen LogP contribution in [0.4, 0.5) is 0 Å². The summed E-state index contributed by atoms with van der Waals surface area (Å²) >= 11 is 0. The van der Waals surface area contributed by atoms with E-state index >= 15 is 0 Å². The first-order valence-electron chi connectivity index (χ1n) is 6.70. The molecule has 0 unspecified atom stereocenters. The number of carbonyl (C=O) groups excluding carboxylic acids is 1. The number of hydrogen-bond acceptors (Lipinski definition) is 3. The quantitative estimate of drug-likeness (QED) is 0.674. The minimum absolute atomic E-state index is 0.0678. The second kappa shape index (κ2) is 6.67. The van der Waals surface area contributed by atoms with Gasteiger partial charge in [-0.25, -0.2) is 4.79 Å². The van der Waals surface area contributed by atoms with Gasteiger partial charge in [-0.15, -0.1) is 0 Å². The fourth-order valence-electron chi connectivity index (χ4n) is 2.02. The number of hydrogen-bond donors (Lipinski definition) is 2. The van der Waals surface area contributed by atoms with Crippen LogP contribution in [0.25, 0.3) is 0 Å². The van der Waals surface area contributed by atoms with Gasteiger partial charge in [0.2, 0.25) is 0 Å². The number of nitrogens with one attached hydrogen (secondary N) is 1. The molecule has 0 radical (unpaired) electrons. The van der Waals surface area contributed by atoms with Crippen LogP contribution in [0, 0.1) is 6.92 Å². The molecular formula is C17H16N2O3. The predicted octanol–water partition coefficient (Wildman–Crippen LogP) is 2.50. The molecule has 0 saturated heterocycles. The summed E-state index contributed by atoms with van der Waals surface area (Å²) in [5.74, 6) is -1.03. The molecule has 5 heteroatoms. The van der Waals surface area contributed by atoms with E-state index < -0.39 is 11.9 Å². The predicted molar refractivity (Wildman–Crippen MR) is 84.5 cm³/mol. The van der Waals surface area contributed by atoms with Crippen LogP contribution in [0.15, 0.2) is 53.5 Å². The Hall–Kier alpha value is -2.95. The van der Waals surface area contributed by atoms with Crippen molar-refractivity contribution in [1.29, 1.82) is 0 Å². The van der Waals surface area contributed by atoms with Crippen LogP contribution in [0.2, 0.25) is 0 Å². The van der Waals surface area contributed by atoms with Gasteiger partial charge in [0.1, 0.15) is 5.84 Å². The van der Waals surface area contributed by atoms with Crippen molar-refractivity contribution in [2.75, 3.05) is 7.05 Å². The van der Waals surface area contributed by atoms with Gasteiger partial charge in [0.05, 0.1) is 5.56 Å². The van der Waals surface area contributed by atoms with Gasteiger partial charge in [0.25, 0.3) is 5.91 Å². The summed E-state index contributed by atoms with van der Waals surface area (Å²) in [7, 11) is 1.59. The summed E-state index contributed by atoms with van der Waals surface area (Å²) in [5, 5.41) is 11.7. The van der Waals surface area contributed by atoms with E-state index in [9.17, 15) is 9.59 Å². The zero-order valence-electron chi connectivity index (χ0n) is 12.3. The molecule has 2 N–H and O–H groups in total. The summed E-state index contributed by atoms with van der Waals surface area (Å²) in [5.41, 5.74) is 2.19. The van der Waals surface area contributed by atoms with Crippen molar-refractivity contribution in [3.8, 4) is 0 Å². The summed E-state index contributed by atoms with van der Waals surface area (Å²) in [6.07, 6.45) is 0. The molecule has 2 rings (SSSR count). The van der Waals surface area contributed by atoms with Crippen molar-refractivity contribution >= 4 is 17.7 Å². The topological polar surface area (TPSA) is 78.8 Å². The molecule has 0 aliphatic rings. The van der Waals surface area contributed by atoms with Gasteiger partial charge < -0.3 is 10.4 Å². The standard InChI is InChI=1S/C17H16N2O3/c1-11-5-3-6-12(9-11)15(18-2)19-16(20)13-7-4-8-14(10-13)17(21)22/h3-10H,1-2H3,(H,21,22)(H,18,19,20). The average molecular weight is 296 g/mol. The molecule has 2 aromatic carbocycles. The molecule has 0 aliphatic carbocycles. The molecule has 112 valence electrons. The second-order valence-electron chi connectivity index (χ2n) is 4.78. The third kappa shape index (κ3) is 3.58. The van der Waals surface area contributed by atoms with Crippen LogP contribution in [0.3, 0.4) is 0 Å².